The molecule has 0 amide bonds. The third-order valence-electron chi connectivity index (χ3n) is 5.08. The molecule has 16 heteroatoms. The fraction of sp³-hybridized carbons (Fsp3) is 0.571. The van der Waals surface area contributed by atoms with Crippen LogP contribution in [0.25, 0.3) is 0 Å². The number of carboxylic acids is 2. The minimum absolute atomic E-state index is 0.849. The molecule has 0 atom stereocenters. The van der Waals surface area contributed by atoms with Crippen molar-refractivity contribution < 1.29 is 50.9 Å². The average molecular weight is 561 g/mol. The molecule has 9 nitrogen and oxygen atoms in total. The second-order valence-corrected chi connectivity index (χ2v) is 9.43. The summed E-state index contributed by atoms with van der Waals surface area (Å²) in [7, 11) is 0. The van der Waals surface area contributed by atoms with Gasteiger partial charge in [-0.3, -0.25) is 9.80 Å². The minimum atomic E-state index is -5.08. The van der Waals surface area contributed by atoms with Gasteiger partial charge in [0, 0.05) is 55.2 Å². The van der Waals surface area contributed by atoms with Crippen molar-refractivity contribution in [2.75, 3.05) is 32.8 Å². The highest BCUT2D eigenvalue weighted by atomic mass is 32.1. The van der Waals surface area contributed by atoms with Crippen LogP contribution in [0.1, 0.15) is 21.3 Å². The standard InChI is InChI=1S/C17H24N4OS.2C2HF3O2/c1-14-2-3-16(23-14)12-20-4-5-21-11-15(18-17(21)13-20)10-19-6-8-22-9-7-19;2*3-2(4,5)1(6)7/h2-3,11H,4-10,12-13H2,1H3;2*(H,6,7). The summed E-state index contributed by atoms with van der Waals surface area (Å²) in [6.45, 7) is 11.0. The molecule has 0 aromatic carbocycles. The molecule has 0 radical (unpaired) electrons. The van der Waals surface area contributed by atoms with E-state index in [0.29, 0.717) is 0 Å². The number of halogens is 6. The molecule has 0 spiro atoms. The molecule has 2 aromatic rings. The maximum atomic E-state index is 10.6. The zero-order chi connectivity index (χ0) is 27.8. The van der Waals surface area contributed by atoms with Crippen LogP contribution < -0.4 is 0 Å². The lowest BCUT2D eigenvalue weighted by Gasteiger charge is -2.26. The van der Waals surface area contributed by atoms with Crippen LogP contribution in [-0.2, 0) is 40.5 Å². The molecule has 4 rings (SSSR count). The average Bonchev–Trinajstić information content (AvgIpc) is 3.38. The molecule has 4 heterocycles. The predicted octanol–water partition coefficient (Wildman–Crippen LogP) is 3.37. The Kier molecular flexibility index (Phi) is 10.9. The van der Waals surface area contributed by atoms with Gasteiger partial charge in [-0.15, -0.1) is 11.3 Å². The molecule has 0 unspecified atom stereocenters. The van der Waals surface area contributed by atoms with E-state index in [4.69, 9.17) is 29.5 Å². The van der Waals surface area contributed by atoms with Gasteiger partial charge in [0.15, 0.2) is 0 Å². The lowest BCUT2D eigenvalue weighted by molar-refractivity contribution is -0.193. The molecular weight excluding hydrogens is 534 g/mol. The normalized spacial score (nSPS) is 16.6. The summed E-state index contributed by atoms with van der Waals surface area (Å²) in [4.78, 5) is 30.5. The molecule has 1 fully saturated rings. The number of alkyl halides is 6. The first-order chi connectivity index (χ1) is 17.1. The van der Waals surface area contributed by atoms with Crippen LogP contribution in [0.15, 0.2) is 18.3 Å². The molecule has 2 aromatic heterocycles. The van der Waals surface area contributed by atoms with Crippen LogP contribution in [0, 0.1) is 6.92 Å². The van der Waals surface area contributed by atoms with Crippen LogP contribution in [0.4, 0.5) is 26.3 Å². The van der Waals surface area contributed by atoms with Gasteiger partial charge in [0.1, 0.15) is 5.82 Å². The van der Waals surface area contributed by atoms with E-state index in [1.54, 1.807) is 0 Å². The smallest absolute Gasteiger partial charge is 0.475 e. The van der Waals surface area contributed by atoms with Crippen LogP contribution in [0.5, 0.6) is 0 Å². The van der Waals surface area contributed by atoms with Crippen LogP contribution in [0.2, 0.25) is 0 Å². The summed E-state index contributed by atoms with van der Waals surface area (Å²) in [6, 6.07) is 4.47. The highest BCUT2D eigenvalue weighted by molar-refractivity contribution is 7.11. The van der Waals surface area contributed by atoms with Crippen molar-refractivity contribution in [2.45, 2.75) is 45.5 Å². The highest BCUT2D eigenvalue weighted by Crippen LogP contribution is 2.21. The van der Waals surface area contributed by atoms with Crippen LogP contribution in [0.3, 0.4) is 0 Å². The number of aromatic nitrogens is 2. The van der Waals surface area contributed by atoms with Gasteiger partial charge in [0.25, 0.3) is 0 Å². The predicted molar refractivity (Wildman–Crippen MR) is 119 cm³/mol. The van der Waals surface area contributed by atoms with Gasteiger partial charge < -0.3 is 19.5 Å². The number of imidazole rings is 1. The molecule has 0 saturated carbocycles. The number of morpholine rings is 1. The first-order valence-corrected chi connectivity index (χ1v) is 11.7. The summed E-state index contributed by atoms with van der Waals surface area (Å²) in [5.41, 5.74) is 1.20. The molecule has 2 N–H and O–H groups in total. The molecule has 1 saturated heterocycles. The highest BCUT2D eigenvalue weighted by Gasteiger charge is 2.38. The van der Waals surface area contributed by atoms with Crippen molar-refractivity contribution >= 4 is 23.3 Å². The maximum Gasteiger partial charge on any atom is 0.490 e. The van der Waals surface area contributed by atoms with E-state index < -0.39 is 24.3 Å². The molecule has 208 valence electrons. The molecule has 2 aliphatic rings. The van der Waals surface area contributed by atoms with Crippen LogP contribution >= 0.6 is 11.3 Å². The van der Waals surface area contributed by atoms with Crippen LogP contribution in [-0.4, -0.2) is 86.7 Å². The Balaban J connectivity index is 0.000000286. The SMILES string of the molecule is Cc1ccc(CN2CCn3cc(CN4CCOCC4)nc3C2)s1.O=C(O)C(F)(F)F.O=C(O)C(F)(F)F. The summed E-state index contributed by atoms with van der Waals surface area (Å²) < 4.78 is 71.2. The van der Waals surface area contributed by atoms with E-state index in [1.165, 1.54) is 21.3 Å². The van der Waals surface area contributed by atoms with Gasteiger partial charge in [-0.1, -0.05) is 0 Å². The zero-order valence-corrected chi connectivity index (χ0v) is 20.5. The monoisotopic (exact) mass is 560 g/mol. The Morgan fingerprint density at radius 3 is 2.00 bits per heavy atom. The van der Waals surface area contributed by atoms with Crippen molar-refractivity contribution in [3.05, 3.63) is 39.6 Å². The lowest BCUT2D eigenvalue weighted by Crippen LogP contribution is -2.35. The van der Waals surface area contributed by atoms with Gasteiger partial charge >= 0.3 is 24.3 Å². The topological polar surface area (TPSA) is 108 Å². The number of hydrogen-bond acceptors (Lipinski definition) is 7. The number of carboxylic acid groups (broad SMARTS) is 2. The van der Waals surface area contributed by atoms with Crippen molar-refractivity contribution in [2.24, 2.45) is 0 Å². The van der Waals surface area contributed by atoms with Crippen molar-refractivity contribution in [3.63, 3.8) is 0 Å². The van der Waals surface area contributed by atoms with E-state index >= 15 is 0 Å². The third-order valence-corrected chi connectivity index (χ3v) is 6.07. The molecule has 0 bridgehead atoms. The van der Waals surface area contributed by atoms with Gasteiger partial charge in [-0.25, -0.2) is 14.6 Å². The number of rotatable bonds is 4. The van der Waals surface area contributed by atoms with E-state index in [2.05, 4.69) is 39.6 Å². The Morgan fingerprint density at radius 1 is 0.946 bits per heavy atom. The molecule has 2 aliphatic heterocycles. The van der Waals surface area contributed by atoms with Gasteiger partial charge in [-0.2, -0.15) is 26.3 Å². The first-order valence-electron chi connectivity index (χ1n) is 10.9. The first kappa shape index (κ1) is 30.5. The van der Waals surface area contributed by atoms with Gasteiger partial charge in [0.05, 0.1) is 25.5 Å². The van der Waals surface area contributed by atoms with Crippen molar-refractivity contribution in [3.8, 4) is 0 Å². The maximum absolute atomic E-state index is 10.6. The summed E-state index contributed by atoms with van der Waals surface area (Å²) in [5.74, 6) is -4.30. The van der Waals surface area contributed by atoms with Gasteiger partial charge in [-0.05, 0) is 19.1 Å². The minimum Gasteiger partial charge on any atom is -0.475 e. The Labute approximate surface area is 211 Å². The molecular formula is C21H26F6N4O5S. The number of nitrogens with zero attached hydrogens (tertiary/aromatic N) is 4. The Bertz CT molecular complexity index is 1010. The number of thiophene rings is 1. The van der Waals surface area contributed by atoms with E-state index in [1.807, 2.05) is 11.3 Å². The second-order valence-electron chi connectivity index (χ2n) is 8.06. The summed E-state index contributed by atoms with van der Waals surface area (Å²) in [5, 5.41) is 14.2. The Hall–Kier alpha value is -2.69. The van der Waals surface area contributed by atoms with Crippen molar-refractivity contribution in [1.82, 2.24) is 19.4 Å². The fourth-order valence-electron chi connectivity index (χ4n) is 3.35. The number of aryl methyl sites for hydroxylation is 1. The fourth-order valence-corrected chi connectivity index (χ4v) is 4.28. The molecule has 0 aliphatic carbocycles. The zero-order valence-electron chi connectivity index (χ0n) is 19.7. The lowest BCUT2D eigenvalue weighted by atomic mass is 10.3. The quantitative estimate of drug-likeness (QED) is 0.549. The second kappa shape index (κ2) is 13.2. The molecule has 37 heavy (non-hydrogen) atoms. The van der Waals surface area contributed by atoms with Crippen molar-refractivity contribution in [1.29, 1.82) is 0 Å². The number of ether oxygens (including phenoxy) is 1. The largest absolute Gasteiger partial charge is 0.490 e. The number of carbonyl (C=O) groups is 2. The number of hydrogen-bond donors (Lipinski definition) is 2. The van der Waals surface area contributed by atoms with E-state index in [0.717, 1.165) is 59.0 Å². The van der Waals surface area contributed by atoms with Gasteiger partial charge in [0.2, 0.25) is 0 Å². The van der Waals surface area contributed by atoms with E-state index in [9.17, 15) is 26.3 Å². The summed E-state index contributed by atoms with van der Waals surface area (Å²) in [6.07, 6.45) is -7.92. The third kappa shape index (κ3) is 10.7. The number of fused-ring (bicyclic) bond motifs is 1. The Morgan fingerprint density at radius 2 is 1.51 bits per heavy atom. The van der Waals surface area contributed by atoms with E-state index in [-0.39, 0.29) is 0 Å². The summed E-state index contributed by atoms with van der Waals surface area (Å²) >= 11 is 1.90. The number of aliphatic carboxylic acids is 2.